The molecule has 2 aromatic carbocycles. The fourth-order valence-electron chi connectivity index (χ4n) is 1.97. The van der Waals surface area contributed by atoms with Crippen molar-refractivity contribution in [1.29, 1.82) is 5.26 Å². The lowest BCUT2D eigenvalue weighted by Crippen LogP contribution is -1.98. The van der Waals surface area contributed by atoms with Crippen LogP contribution in [0.4, 0.5) is 0 Å². The molecule has 3 nitrogen and oxygen atoms in total. The first-order valence-electron chi connectivity index (χ1n) is 6.55. The van der Waals surface area contributed by atoms with Gasteiger partial charge in [0.15, 0.2) is 0 Å². The summed E-state index contributed by atoms with van der Waals surface area (Å²) in [7, 11) is 0. The van der Waals surface area contributed by atoms with Crippen LogP contribution in [0.15, 0.2) is 42.5 Å². The Morgan fingerprint density at radius 1 is 1.15 bits per heavy atom. The van der Waals surface area contributed by atoms with Crippen LogP contribution >= 0.6 is 0 Å². The molecule has 20 heavy (non-hydrogen) atoms. The van der Waals surface area contributed by atoms with Crippen molar-refractivity contribution in [3.05, 3.63) is 64.7 Å². The molecule has 0 fully saturated rings. The van der Waals surface area contributed by atoms with Crippen LogP contribution in [0.3, 0.4) is 0 Å². The third-order valence-corrected chi connectivity index (χ3v) is 3.19. The van der Waals surface area contributed by atoms with Gasteiger partial charge in [-0.1, -0.05) is 18.2 Å². The van der Waals surface area contributed by atoms with Gasteiger partial charge in [0.1, 0.15) is 12.4 Å². The Bertz CT molecular complexity index is 612. The third-order valence-electron chi connectivity index (χ3n) is 3.19. The number of ether oxygens (including phenoxy) is 1. The van der Waals surface area contributed by atoms with Crippen LogP contribution < -0.4 is 4.74 Å². The summed E-state index contributed by atoms with van der Waals surface area (Å²) >= 11 is 0. The number of aliphatic hydroxyl groups is 1. The Hall–Kier alpha value is -2.31. The van der Waals surface area contributed by atoms with Crippen LogP contribution in [0.2, 0.25) is 0 Å². The number of rotatable bonds is 5. The highest BCUT2D eigenvalue weighted by Gasteiger charge is 2.02. The first-order chi connectivity index (χ1) is 9.72. The molecule has 102 valence electrons. The van der Waals surface area contributed by atoms with E-state index in [1.807, 2.05) is 43.3 Å². The van der Waals surface area contributed by atoms with Gasteiger partial charge in [0, 0.05) is 6.61 Å². The predicted octanol–water partition coefficient (Wildman–Crippen LogP) is 2.98. The van der Waals surface area contributed by atoms with Crippen LogP contribution in [0.5, 0.6) is 5.75 Å². The van der Waals surface area contributed by atoms with Crippen LogP contribution in [0, 0.1) is 18.3 Å². The van der Waals surface area contributed by atoms with Crippen molar-refractivity contribution < 1.29 is 9.84 Å². The zero-order valence-electron chi connectivity index (χ0n) is 11.5. The molecule has 0 bridgehead atoms. The van der Waals surface area contributed by atoms with E-state index in [2.05, 4.69) is 6.07 Å². The maximum atomic E-state index is 8.86. The average Bonchev–Trinajstić information content (AvgIpc) is 2.48. The molecule has 0 amide bonds. The van der Waals surface area contributed by atoms with E-state index in [1.54, 1.807) is 6.07 Å². The molecule has 0 aliphatic rings. The number of hydrogen-bond donors (Lipinski definition) is 1. The minimum absolute atomic E-state index is 0.157. The quantitative estimate of drug-likeness (QED) is 0.906. The standard InChI is InChI=1S/C17H17NO2/c1-13-10-15(11-18)2-5-16(13)12-20-17-6-3-14(4-7-17)8-9-19/h2-7,10,19H,8-9,12H2,1H3. The van der Waals surface area contributed by atoms with E-state index in [1.165, 1.54) is 0 Å². The normalized spacial score (nSPS) is 10.1. The molecule has 0 aliphatic carbocycles. The molecule has 0 saturated carbocycles. The third kappa shape index (κ3) is 3.59. The zero-order valence-corrected chi connectivity index (χ0v) is 11.5. The van der Waals surface area contributed by atoms with E-state index in [0.29, 0.717) is 18.6 Å². The molecular weight excluding hydrogens is 250 g/mol. The van der Waals surface area contributed by atoms with E-state index < -0.39 is 0 Å². The second-order valence-electron chi connectivity index (χ2n) is 4.66. The molecule has 2 rings (SSSR count). The second-order valence-corrected chi connectivity index (χ2v) is 4.66. The van der Waals surface area contributed by atoms with Gasteiger partial charge in [-0.3, -0.25) is 0 Å². The maximum absolute atomic E-state index is 8.86. The van der Waals surface area contributed by atoms with Crippen LogP contribution in [-0.2, 0) is 13.0 Å². The van der Waals surface area contributed by atoms with E-state index in [0.717, 1.165) is 22.4 Å². The number of benzene rings is 2. The summed E-state index contributed by atoms with van der Waals surface area (Å²) in [5.74, 6) is 0.801. The Labute approximate surface area is 119 Å². The minimum atomic E-state index is 0.157. The summed E-state index contributed by atoms with van der Waals surface area (Å²) in [5, 5.41) is 17.7. The highest BCUT2D eigenvalue weighted by atomic mass is 16.5. The van der Waals surface area contributed by atoms with Crippen molar-refractivity contribution in [2.45, 2.75) is 20.0 Å². The summed E-state index contributed by atoms with van der Waals surface area (Å²) in [6.07, 6.45) is 0.662. The van der Waals surface area contributed by atoms with Crippen molar-refractivity contribution in [2.24, 2.45) is 0 Å². The second kappa shape index (κ2) is 6.74. The van der Waals surface area contributed by atoms with Crippen molar-refractivity contribution in [3.8, 4) is 11.8 Å². The highest BCUT2D eigenvalue weighted by Crippen LogP contribution is 2.17. The lowest BCUT2D eigenvalue weighted by atomic mass is 10.1. The smallest absolute Gasteiger partial charge is 0.119 e. The monoisotopic (exact) mass is 267 g/mol. The molecule has 1 N–H and O–H groups in total. The van der Waals surface area contributed by atoms with Crippen molar-refractivity contribution in [2.75, 3.05) is 6.61 Å². The Balaban J connectivity index is 2.00. The number of aryl methyl sites for hydroxylation is 1. The number of nitriles is 1. The molecule has 0 aromatic heterocycles. The summed E-state index contributed by atoms with van der Waals surface area (Å²) < 4.78 is 5.73. The summed E-state index contributed by atoms with van der Waals surface area (Å²) in [6.45, 7) is 2.62. The van der Waals surface area contributed by atoms with Crippen LogP contribution in [0.25, 0.3) is 0 Å². The molecule has 0 atom stereocenters. The Morgan fingerprint density at radius 2 is 1.90 bits per heavy atom. The number of hydrogen-bond acceptors (Lipinski definition) is 3. The molecule has 0 heterocycles. The van der Waals surface area contributed by atoms with Crippen molar-refractivity contribution in [3.63, 3.8) is 0 Å². The van der Waals surface area contributed by atoms with Gasteiger partial charge >= 0.3 is 0 Å². The fraction of sp³-hybridized carbons (Fsp3) is 0.235. The van der Waals surface area contributed by atoms with Crippen molar-refractivity contribution in [1.82, 2.24) is 0 Å². The van der Waals surface area contributed by atoms with Gasteiger partial charge in [-0.05, 0) is 54.3 Å². The van der Waals surface area contributed by atoms with E-state index in [4.69, 9.17) is 15.1 Å². The predicted molar refractivity (Wildman–Crippen MR) is 77.5 cm³/mol. The number of nitrogens with zero attached hydrogens (tertiary/aromatic N) is 1. The van der Waals surface area contributed by atoms with Gasteiger partial charge < -0.3 is 9.84 Å². The van der Waals surface area contributed by atoms with Gasteiger partial charge in [-0.15, -0.1) is 0 Å². The van der Waals surface area contributed by atoms with Gasteiger partial charge in [0.05, 0.1) is 11.6 Å². The molecule has 3 heteroatoms. The molecular formula is C17H17NO2. The SMILES string of the molecule is Cc1cc(C#N)ccc1COc1ccc(CCO)cc1. The lowest BCUT2D eigenvalue weighted by molar-refractivity contribution is 0.298. The fourth-order valence-corrected chi connectivity index (χ4v) is 1.97. The first kappa shape index (κ1) is 14.1. The van der Waals surface area contributed by atoms with E-state index in [9.17, 15) is 0 Å². The number of aliphatic hydroxyl groups excluding tert-OH is 1. The molecule has 0 radical (unpaired) electrons. The molecule has 2 aromatic rings. The van der Waals surface area contributed by atoms with Crippen LogP contribution in [-0.4, -0.2) is 11.7 Å². The summed E-state index contributed by atoms with van der Waals surface area (Å²) in [5.41, 5.74) is 3.89. The Kier molecular flexibility index (Phi) is 4.75. The lowest BCUT2D eigenvalue weighted by Gasteiger charge is -2.09. The molecule has 0 aliphatic heterocycles. The summed E-state index contributed by atoms with van der Waals surface area (Å²) in [4.78, 5) is 0. The van der Waals surface area contributed by atoms with Gasteiger partial charge in [-0.2, -0.15) is 5.26 Å². The van der Waals surface area contributed by atoms with Gasteiger partial charge in [0.2, 0.25) is 0 Å². The summed E-state index contributed by atoms with van der Waals surface area (Å²) in [6, 6.07) is 15.4. The highest BCUT2D eigenvalue weighted by molar-refractivity contribution is 5.37. The van der Waals surface area contributed by atoms with Crippen LogP contribution in [0.1, 0.15) is 22.3 Å². The van der Waals surface area contributed by atoms with E-state index >= 15 is 0 Å². The minimum Gasteiger partial charge on any atom is -0.489 e. The van der Waals surface area contributed by atoms with Gasteiger partial charge in [0.25, 0.3) is 0 Å². The zero-order chi connectivity index (χ0) is 14.4. The largest absolute Gasteiger partial charge is 0.489 e. The van der Waals surface area contributed by atoms with Crippen molar-refractivity contribution >= 4 is 0 Å². The molecule has 0 unspecified atom stereocenters. The first-order valence-corrected chi connectivity index (χ1v) is 6.55. The maximum Gasteiger partial charge on any atom is 0.119 e. The van der Waals surface area contributed by atoms with Gasteiger partial charge in [-0.25, -0.2) is 0 Å². The Morgan fingerprint density at radius 3 is 2.50 bits per heavy atom. The average molecular weight is 267 g/mol. The molecule has 0 spiro atoms. The van der Waals surface area contributed by atoms with E-state index in [-0.39, 0.29) is 6.61 Å². The molecule has 0 saturated heterocycles. The topological polar surface area (TPSA) is 53.2 Å².